The largest absolute Gasteiger partial charge is 0.493 e. The maximum Gasteiger partial charge on any atom is 0.161 e. The third-order valence-corrected chi connectivity index (χ3v) is 3.97. The summed E-state index contributed by atoms with van der Waals surface area (Å²) in [7, 11) is 1.68. The quantitative estimate of drug-likeness (QED) is 0.901. The second-order valence-corrected chi connectivity index (χ2v) is 5.70. The summed E-state index contributed by atoms with van der Waals surface area (Å²) >= 11 is 0. The van der Waals surface area contributed by atoms with Gasteiger partial charge in [0.25, 0.3) is 0 Å². The van der Waals surface area contributed by atoms with Gasteiger partial charge in [-0.25, -0.2) is 0 Å². The minimum atomic E-state index is 0.0125. The van der Waals surface area contributed by atoms with Gasteiger partial charge in [0.05, 0.1) is 13.2 Å². The molecule has 0 bridgehead atoms. The van der Waals surface area contributed by atoms with Crippen LogP contribution in [0.15, 0.2) is 18.2 Å². The number of rotatable bonds is 4. The van der Waals surface area contributed by atoms with E-state index in [0.717, 1.165) is 35.8 Å². The minimum absolute atomic E-state index is 0.0125. The second-order valence-electron chi connectivity index (χ2n) is 5.70. The van der Waals surface area contributed by atoms with E-state index in [2.05, 4.69) is 6.92 Å². The van der Waals surface area contributed by atoms with Crippen molar-refractivity contribution in [2.24, 2.45) is 11.7 Å². The van der Waals surface area contributed by atoms with Crippen molar-refractivity contribution in [2.45, 2.75) is 51.7 Å². The van der Waals surface area contributed by atoms with Crippen molar-refractivity contribution in [3.05, 3.63) is 23.8 Å². The van der Waals surface area contributed by atoms with Gasteiger partial charge >= 0.3 is 0 Å². The molecule has 106 valence electrons. The first kappa shape index (κ1) is 14.2. The second kappa shape index (κ2) is 6.29. The molecule has 0 amide bonds. The van der Waals surface area contributed by atoms with Crippen molar-refractivity contribution in [3.63, 3.8) is 0 Å². The smallest absolute Gasteiger partial charge is 0.161 e. The molecular formula is C16H25NO2. The van der Waals surface area contributed by atoms with Crippen LogP contribution >= 0.6 is 0 Å². The summed E-state index contributed by atoms with van der Waals surface area (Å²) in [6.45, 7) is 4.28. The lowest BCUT2D eigenvalue weighted by Gasteiger charge is -2.27. The van der Waals surface area contributed by atoms with E-state index in [1.807, 2.05) is 25.1 Å². The molecule has 2 N–H and O–H groups in total. The topological polar surface area (TPSA) is 44.5 Å². The fraction of sp³-hybridized carbons (Fsp3) is 0.625. The number of hydrogen-bond acceptors (Lipinski definition) is 3. The number of benzene rings is 1. The lowest BCUT2D eigenvalue weighted by atomic mass is 9.89. The Morgan fingerprint density at radius 1 is 1.16 bits per heavy atom. The minimum Gasteiger partial charge on any atom is -0.493 e. The van der Waals surface area contributed by atoms with E-state index in [1.165, 1.54) is 12.8 Å². The summed E-state index contributed by atoms with van der Waals surface area (Å²) in [6.07, 6.45) is 5.11. The van der Waals surface area contributed by atoms with Gasteiger partial charge in [0.15, 0.2) is 11.5 Å². The fourth-order valence-corrected chi connectivity index (χ4v) is 2.59. The van der Waals surface area contributed by atoms with Crippen LogP contribution in [0.4, 0.5) is 0 Å². The van der Waals surface area contributed by atoms with Gasteiger partial charge in [0.1, 0.15) is 0 Å². The van der Waals surface area contributed by atoms with Gasteiger partial charge in [-0.05, 0) is 56.2 Å². The van der Waals surface area contributed by atoms with Crippen LogP contribution in [-0.2, 0) is 0 Å². The summed E-state index contributed by atoms with van der Waals surface area (Å²) in [5, 5.41) is 0. The Morgan fingerprint density at radius 2 is 1.84 bits per heavy atom. The third-order valence-electron chi connectivity index (χ3n) is 3.97. The average Bonchev–Trinajstić information content (AvgIpc) is 2.41. The number of methoxy groups -OCH3 is 1. The highest BCUT2D eigenvalue weighted by Crippen LogP contribution is 2.33. The molecule has 1 saturated carbocycles. The highest BCUT2D eigenvalue weighted by molar-refractivity contribution is 5.43. The molecule has 1 fully saturated rings. The maximum atomic E-state index is 6.09. The first-order chi connectivity index (χ1) is 9.10. The Labute approximate surface area is 116 Å². The van der Waals surface area contributed by atoms with Crippen LogP contribution in [0.1, 0.15) is 51.1 Å². The predicted octanol–water partition coefficient (Wildman–Crippen LogP) is 3.67. The molecule has 1 aromatic rings. The van der Waals surface area contributed by atoms with E-state index in [4.69, 9.17) is 15.2 Å². The summed E-state index contributed by atoms with van der Waals surface area (Å²) in [5.74, 6) is 2.46. The zero-order chi connectivity index (χ0) is 13.8. The van der Waals surface area contributed by atoms with Crippen LogP contribution in [-0.4, -0.2) is 13.2 Å². The van der Waals surface area contributed by atoms with Crippen molar-refractivity contribution in [1.29, 1.82) is 0 Å². The molecule has 0 spiro atoms. The molecule has 3 heteroatoms. The van der Waals surface area contributed by atoms with Crippen molar-refractivity contribution in [2.75, 3.05) is 7.11 Å². The van der Waals surface area contributed by atoms with Gasteiger partial charge < -0.3 is 15.2 Å². The van der Waals surface area contributed by atoms with Gasteiger partial charge in [-0.2, -0.15) is 0 Å². The van der Waals surface area contributed by atoms with Crippen molar-refractivity contribution >= 4 is 0 Å². The zero-order valence-electron chi connectivity index (χ0n) is 12.2. The van der Waals surface area contributed by atoms with Gasteiger partial charge in [0.2, 0.25) is 0 Å². The van der Waals surface area contributed by atoms with Crippen molar-refractivity contribution < 1.29 is 9.47 Å². The Bertz CT molecular complexity index is 409. The number of hydrogen-bond donors (Lipinski definition) is 1. The van der Waals surface area contributed by atoms with Crippen LogP contribution < -0.4 is 15.2 Å². The van der Waals surface area contributed by atoms with Crippen LogP contribution in [0, 0.1) is 5.92 Å². The molecule has 1 aromatic carbocycles. The Kier molecular flexibility index (Phi) is 4.70. The van der Waals surface area contributed by atoms with Gasteiger partial charge in [0, 0.05) is 6.04 Å². The predicted molar refractivity (Wildman–Crippen MR) is 77.6 cm³/mol. The van der Waals surface area contributed by atoms with Gasteiger partial charge in [-0.15, -0.1) is 0 Å². The molecule has 0 radical (unpaired) electrons. The summed E-state index contributed by atoms with van der Waals surface area (Å²) < 4.78 is 11.5. The van der Waals surface area contributed by atoms with Crippen LogP contribution in [0.25, 0.3) is 0 Å². The van der Waals surface area contributed by atoms with Crippen molar-refractivity contribution in [1.82, 2.24) is 0 Å². The van der Waals surface area contributed by atoms with Crippen LogP contribution in [0.5, 0.6) is 11.5 Å². The van der Waals surface area contributed by atoms with Gasteiger partial charge in [-0.1, -0.05) is 13.0 Å². The molecule has 1 atom stereocenters. The number of nitrogens with two attached hydrogens (primary N) is 1. The monoisotopic (exact) mass is 263 g/mol. The SMILES string of the molecule is COc1cc([C@H](C)N)ccc1OC1CCC(C)CC1. The Morgan fingerprint density at radius 3 is 2.42 bits per heavy atom. The van der Waals surface area contributed by atoms with E-state index < -0.39 is 0 Å². The highest BCUT2D eigenvalue weighted by Gasteiger charge is 2.21. The van der Waals surface area contributed by atoms with E-state index in [1.54, 1.807) is 7.11 Å². The molecular weight excluding hydrogens is 238 g/mol. The van der Waals surface area contributed by atoms with Gasteiger partial charge in [-0.3, -0.25) is 0 Å². The van der Waals surface area contributed by atoms with E-state index in [-0.39, 0.29) is 6.04 Å². The molecule has 0 unspecified atom stereocenters. The molecule has 1 aliphatic carbocycles. The summed E-state index contributed by atoms with van der Waals surface area (Å²) in [5.41, 5.74) is 6.96. The van der Waals surface area contributed by atoms with E-state index in [9.17, 15) is 0 Å². The lowest BCUT2D eigenvalue weighted by molar-refractivity contribution is 0.131. The maximum absolute atomic E-state index is 6.09. The molecule has 1 aliphatic rings. The Balaban J connectivity index is 2.07. The molecule has 3 nitrogen and oxygen atoms in total. The zero-order valence-corrected chi connectivity index (χ0v) is 12.2. The average molecular weight is 263 g/mol. The van der Waals surface area contributed by atoms with Crippen LogP contribution in [0.2, 0.25) is 0 Å². The molecule has 2 rings (SSSR count). The normalized spacial score (nSPS) is 24.8. The molecule has 0 aromatic heterocycles. The first-order valence-corrected chi connectivity index (χ1v) is 7.20. The Hall–Kier alpha value is -1.22. The summed E-state index contributed by atoms with van der Waals surface area (Å²) in [6, 6.07) is 5.99. The molecule has 0 aliphatic heterocycles. The highest BCUT2D eigenvalue weighted by atomic mass is 16.5. The summed E-state index contributed by atoms with van der Waals surface area (Å²) in [4.78, 5) is 0. The molecule has 19 heavy (non-hydrogen) atoms. The first-order valence-electron chi connectivity index (χ1n) is 7.20. The molecule has 0 heterocycles. The van der Waals surface area contributed by atoms with E-state index in [0.29, 0.717) is 6.10 Å². The lowest BCUT2D eigenvalue weighted by Crippen LogP contribution is -2.23. The third kappa shape index (κ3) is 3.63. The standard InChI is InChI=1S/C16H25NO2/c1-11-4-7-14(8-5-11)19-15-9-6-13(12(2)17)10-16(15)18-3/h6,9-12,14H,4-5,7-8,17H2,1-3H3/t11?,12-,14?/m0/s1. The number of ether oxygens (including phenoxy) is 2. The van der Waals surface area contributed by atoms with E-state index >= 15 is 0 Å². The van der Waals surface area contributed by atoms with Crippen LogP contribution in [0.3, 0.4) is 0 Å². The fourth-order valence-electron chi connectivity index (χ4n) is 2.59. The van der Waals surface area contributed by atoms with Crippen molar-refractivity contribution in [3.8, 4) is 11.5 Å². The molecule has 0 saturated heterocycles.